The molecule has 9 nitrogen and oxygen atoms in total. The molecule has 0 aliphatic heterocycles. The molecule has 4 aromatic rings. The fourth-order valence-electron chi connectivity index (χ4n) is 3.59. The number of nitrogens with zero attached hydrogens (tertiary/aromatic N) is 2. The number of pyridine rings is 2. The summed E-state index contributed by atoms with van der Waals surface area (Å²) in [5.41, 5.74) is 3.80. The van der Waals surface area contributed by atoms with E-state index in [4.69, 9.17) is 15.3 Å². The van der Waals surface area contributed by atoms with Crippen molar-refractivity contribution in [3.63, 3.8) is 0 Å². The SMILES string of the molecule is Nc1ccc(/C=C/C(=O)NCc2cc3cc(-c4ccc(F)c(C(=O)NCCO)n4)cc(C(F)(F)F)c3o2)cn1. The van der Waals surface area contributed by atoms with Crippen molar-refractivity contribution in [3.05, 3.63) is 83.1 Å². The lowest BCUT2D eigenvalue weighted by Crippen LogP contribution is -2.28. The first kappa shape index (κ1) is 27.3. The average Bonchev–Trinajstić information content (AvgIpc) is 3.32. The van der Waals surface area contributed by atoms with Crippen LogP contribution in [0, 0.1) is 5.82 Å². The average molecular weight is 543 g/mol. The van der Waals surface area contributed by atoms with Crippen molar-refractivity contribution in [1.82, 2.24) is 20.6 Å². The topological polar surface area (TPSA) is 143 Å². The van der Waals surface area contributed by atoms with Crippen molar-refractivity contribution in [3.8, 4) is 11.3 Å². The normalized spacial score (nSPS) is 11.7. The molecule has 2 amide bonds. The third-order valence-corrected chi connectivity index (χ3v) is 5.40. The van der Waals surface area contributed by atoms with Crippen LogP contribution in [0.15, 0.2) is 59.2 Å². The highest BCUT2D eigenvalue weighted by Gasteiger charge is 2.35. The molecule has 4 rings (SSSR count). The molecule has 5 N–H and O–H groups in total. The van der Waals surface area contributed by atoms with E-state index < -0.39 is 47.3 Å². The number of hydrogen-bond donors (Lipinski definition) is 4. The van der Waals surface area contributed by atoms with Crippen molar-refractivity contribution in [2.45, 2.75) is 12.7 Å². The van der Waals surface area contributed by atoms with Gasteiger partial charge in [-0.3, -0.25) is 9.59 Å². The molecule has 0 fully saturated rings. The highest BCUT2D eigenvalue weighted by Crippen LogP contribution is 2.39. The lowest BCUT2D eigenvalue weighted by molar-refractivity contribution is -0.136. The van der Waals surface area contributed by atoms with Crippen LogP contribution >= 0.6 is 0 Å². The van der Waals surface area contributed by atoms with Crippen LogP contribution in [0.5, 0.6) is 0 Å². The molecule has 0 aliphatic rings. The predicted octanol–water partition coefficient (Wildman–Crippen LogP) is 3.68. The summed E-state index contributed by atoms with van der Waals surface area (Å²) >= 11 is 0. The summed E-state index contributed by atoms with van der Waals surface area (Å²) < 4.78 is 61.3. The molecular weight excluding hydrogens is 522 g/mol. The van der Waals surface area contributed by atoms with E-state index >= 15 is 0 Å². The van der Waals surface area contributed by atoms with E-state index in [1.165, 1.54) is 30.5 Å². The van der Waals surface area contributed by atoms with Gasteiger partial charge in [0.25, 0.3) is 5.91 Å². The van der Waals surface area contributed by atoms with Gasteiger partial charge in [-0.15, -0.1) is 0 Å². The Bertz CT molecular complexity index is 1550. The Morgan fingerprint density at radius 1 is 1.10 bits per heavy atom. The summed E-state index contributed by atoms with van der Waals surface area (Å²) in [5.74, 6) is -2.05. The predicted molar refractivity (Wildman–Crippen MR) is 133 cm³/mol. The van der Waals surface area contributed by atoms with Gasteiger partial charge < -0.3 is 25.9 Å². The van der Waals surface area contributed by atoms with Crippen LogP contribution in [0.3, 0.4) is 0 Å². The van der Waals surface area contributed by atoms with Gasteiger partial charge in [-0.25, -0.2) is 14.4 Å². The number of nitrogen functional groups attached to an aromatic ring is 1. The number of nitrogens with one attached hydrogen (secondary N) is 2. The molecule has 0 unspecified atom stereocenters. The number of benzene rings is 1. The number of aliphatic hydroxyl groups excluding tert-OH is 1. The van der Waals surface area contributed by atoms with Crippen LogP contribution in [0.2, 0.25) is 0 Å². The zero-order valence-corrected chi connectivity index (χ0v) is 20.1. The van der Waals surface area contributed by atoms with E-state index in [0.29, 0.717) is 11.4 Å². The standard InChI is InChI=1S/C26H21F4N5O4/c27-19-3-4-20(35-23(19)25(38)32-7-8-36)15-9-16-10-17(39-24(16)18(11-15)26(28,29)30)13-34-22(37)6-2-14-1-5-21(31)33-12-14/h1-6,9-12,36H,7-8,13H2,(H2,31,33)(H,32,38)(H,34,37)/b6-2+. The molecule has 0 radical (unpaired) electrons. The summed E-state index contributed by atoms with van der Waals surface area (Å²) in [7, 11) is 0. The van der Waals surface area contributed by atoms with E-state index in [9.17, 15) is 27.2 Å². The molecule has 202 valence electrons. The fourth-order valence-corrected chi connectivity index (χ4v) is 3.59. The summed E-state index contributed by atoms with van der Waals surface area (Å²) in [6.07, 6.45) is -0.634. The first-order valence-corrected chi connectivity index (χ1v) is 11.4. The minimum Gasteiger partial charge on any atom is -0.459 e. The number of hydrogen-bond acceptors (Lipinski definition) is 7. The Labute approximate surface area is 218 Å². The van der Waals surface area contributed by atoms with Crippen molar-refractivity contribution >= 4 is 34.7 Å². The van der Waals surface area contributed by atoms with Crippen LogP contribution in [0.4, 0.5) is 23.4 Å². The number of fused-ring (bicyclic) bond motifs is 1. The first-order valence-electron chi connectivity index (χ1n) is 11.4. The van der Waals surface area contributed by atoms with Crippen LogP contribution in [0.25, 0.3) is 28.3 Å². The second-order valence-corrected chi connectivity index (χ2v) is 8.23. The summed E-state index contributed by atoms with van der Waals surface area (Å²) in [6.45, 7) is -0.746. The van der Waals surface area contributed by atoms with Crippen LogP contribution < -0.4 is 16.4 Å². The first-order chi connectivity index (χ1) is 18.5. The third kappa shape index (κ3) is 6.57. The van der Waals surface area contributed by atoms with E-state index in [1.54, 1.807) is 12.1 Å². The van der Waals surface area contributed by atoms with Crippen molar-refractivity contribution in [2.75, 3.05) is 18.9 Å². The number of nitrogens with two attached hydrogens (primary N) is 1. The number of carbonyl (C=O) groups is 2. The maximum absolute atomic E-state index is 14.2. The molecule has 13 heteroatoms. The van der Waals surface area contributed by atoms with Gasteiger partial charge in [0.2, 0.25) is 5.91 Å². The second-order valence-electron chi connectivity index (χ2n) is 8.23. The number of amides is 2. The zero-order chi connectivity index (χ0) is 28.2. The van der Waals surface area contributed by atoms with Gasteiger partial charge in [0.05, 0.1) is 24.4 Å². The maximum Gasteiger partial charge on any atom is 0.420 e. The van der Waals surface area contributed by atoms with Crippen LogP contribution in [-0.4, -0.2) is 40.0 Å². The number of halogens is 4. The Morgan fingerprint density at radius 3 is 2.59 bits per heavy atom. The van der Waals surface area contributed by atoms with E-state index in [2.05, 4.69) is 20.6 Å². The molecule has 39 heavy (non-hydrogen) atoms. The summed E-state index contributed by atoms with van der Waals surface area (Å²) in [5, 5.41) is 13.7. The van der Waals surface area contributed by atoms with E-state index in [-0.39, 0.29) is 35.5 Å². The molecular formula is C26H21F4N5O4. The molecule has 0 saturated carbocycles. The molecule has 0 spiro atoms. The van der Waals surface area contributed by atoms with Gasteiger partial charge in [0.1, 0.15) is 17.2 Å². The Balaban J connectivity index is 1.60. The molecule has 0 atom stereocenters. The molecule has 1 aromatic carbocycles. The quantitative estimate of drug-likeness (QED) is 0.196. The highest BCUT2D eigenvalue weighted by atomic mass is 19.4. The number of furan rings is 1. The lowest BCUT2D eigenvalue weighted by atomic mass is 10.0. The molecule has 0 bridgehead atoms. The number of carbonyl (C=O) groups excluding carboxylic acids is 2. The van der Waals surface area contributed by atoms with Crippen molar-refractivity contribution < 1.29 is 36.7 Å². The summed E-state index contributed by atoms with van der Waals surface area (Å²) in [6, 6.07) is 8.74. The molecule has 3 aromatic heterocycles. The van der Waals surface area contributed by atoms with Crippen molar-refractivity contribution in [2.24, 2.45) is 0 Å². The van der Waals surface area contributed by atoms with Crippen LogP contribution in [0.1, 0.15) is 27.4 Å². The monoisotopic (exact) mass is 543 g/mol. The van der Waals surface area contributed by atoms with Gasteiger partial charge in [0, 0.05) is 29.8 Å². The number of aromatic nitrogens is 2. The number of rotatable bonds is 8. The number of alkyl halides is 3. The van der Waals surface area contributed by atoms with E-state index in [0.717, 1.165) is 18.2 Å². The van der Waals surface area contributed by atoms with Gasteiger partial charge in [0.15, 0.2) is 11.5 Å². The lowest BCUT2D eigenvalue weighted by Gasteiger charge is -2.11. The minimum atomic E-state index is -4.82. The third-order valence-electron chi connectivity index (χ3n) is 5.40. The highest BCUT2D eigenvalue weighted by molar-refractivity contribution is 5.94. The molecule has 0 saturated heterocycles. The van der Waals surface area contributed by atoms with E-state index in [1.807, 2.05) is 0 Å². The Morgan fingerprint density at radius 2 is 1.90 bits per heavy atom. The Hall–Kier alpha value is -4.78. The fraction of sp³-hybridized carbons (Fsp3) is 0.154. The van der Waals surface area contributed by atoms with Crippen molar-refractivity contribution in [1.29, 1.82) is 0 Å². The minimum absolute atomic E-state index is 0.0394. The second kappa shape index (κ2) is 11.3. The van der Waals surface area contributed by atoms with Gasteiger partial charge in [-0.1, -0.05) is 0 Å². The van der Waals surface area contributed by atoms with Gasteiger partial charge in [-0.2, -0.15) is 13.2 Å². The largest absolute Gasteiger partial charge is 0.459 e. The van der Waals surface area contributed by atoms with Crippen LogP contribution in [-0.2, 0) is 17.5 Å². The molecule has 0 aliphatic carbocycles. The maximum atomic E-state index is 14.2. The smallest absolute Gasteiger partial charge is 0.420 e. The van der Waals surface area contributed by atoms with Gasteiger partial charge >= 0.3 is 6.18 Å². The number of aliphatic hydroxyl groups is 1. The number of anilines is 1. The molecule has 3 heterocycles. The summed E-state index contributed by atoms with van der Waals surface area (Å²) in [4.78, 5) is 32.1. The van der Waals surface area contributed by atoms with Gasteiger partial charge in [-0.05, 0) is 54.1 Å². The zero-order valence-electron chi connectivity index (χ0n) is 20.1. The Kier molecular flexibility index (Phi) is 7.91.